The highest BCUT2D eigenvalue weighted by atomic mass is 127. The molecule has 0 saturated heterocycles. The summed E-state index contributed by atoms with van der Waals surface area (Å²) in [5.41, 5.74) is 2.28. The molecule has 1 aliphatic heterocycles. The molecule has 3 heterocycles. The summed E-state index contributed by atoms with van der Waals surface area (Å²) < 4.78 is 4.31. The molecule has 28 heavy (non-hydrogen) atoms. The van der Waals surface area contributed by atoms with Gasteiger partial charge in [-0.25, -0.2) is 4.99 Å². The van der Waals surface area contributed by atoms with E-state index in [0.29, 0.717) is 6.54 Å². The first-order valence-electron chi connectivity index (χ1n) is 10.1. The van der Waals surface area contributed by atoms with Crippen molar-refractivity contribution in [2.75, 3.05) is 13.1 Å². The number of hydrogen-bond donors (Lipinski definition) is 2. The number of fused-ring (bicyclic) bond motifs is 1. The van der Waals surface area contributed by atoms with Crippen LogP contribution in [0.5, 0.6) is 0 Å². The Kier molecular flexibility index (Phi) is 9.20. The summed E-state index contributed by atoms with van der Waals surface area (Å²) in [4.78, 5) is 4.71. The maximum Gasteiger partial charge on any atom is 0.191 e. The number of aromatic nitrogens is 5. The topological polar surface area (TPSA) is 85.0 Å². The first-order valence-corrected chi connectivity index (χ1v) is 10.1. The van der Waals surface area contributed by atoms with E-state index in [2.05, 4.69) is 55.1 Å². The van der Waals surface area contributed by atoms with Gasteiger partial charge in [-0.2, -0.15) is 5.10 Å². The molecule has 0 fully saturated rings. The second-order valence-corrected chi connectivity index (χ2v) is 7.12. The monoisotopic (exact) mass is 500 g/mol. The minimum absolute atomic E-state index is 0. The van der Waals surface area contributed by atoms with E-state index in [1.807, 2.05) is 6.92 Å². The third kappa shape index (κ3) is 6.18. The predicted molar refractivity (Wildman–Crippen MR) is 122 cm³/mol. The summed E-state index contributed by atoms with van der Waals surface area (Å²) in [5.74, 6) is 2.91. The zero-order valence-electron chi connectivity index (χ0n) is 17.2. The van der Waals surface area contributed by atoms with Gasteiger partial charge >= 0.3 is 0 Å². The van der Waals surface area contributed by atoms with Crippen molar-refractivity contribution in [3.63, 3.8) is 0 Å². The number of rotatable bonds is 7. The van der Waals surface area contributed by atoms with Gasteiger partial charge in [0.2, 0.25) is 0 Å². The molecule has 0 aromatic carbocycles. The maximum atomic E-state index is 4.71. The highest BCUT2D eigenvalue weighted by Crippen LogP contribution is 2.14. The molecule has 3 rings (SSSR count). The van der Waals surface area contributed by atoms with Crippen molar-refractivity contribution in [1.29, 1.82) is 0 Å². The molecule has 0 bridgehead atoms. The number of guanidine groups is 1. The molecule has 9 heteroatoms. The van der Waals surface area contributed by atoms with Crippen molar-refractivity contribution >= 4 is 29.9 Å². The zero-order valence-corrected chi connectivity index (χ0v) is 19.6. The summed E-state index contributed by atoms with van der Waals surface area (Å²) in [6.45, 7) is 10.4. The van der Waals surface area contributed by atoms with Crippen LogP contribution in [0, 0.1) is 13.8 Å². The number of aryl methyl sites for hydroxylation is 4. The Labute approximate surface area is 184 Å². The molecular weight excluding hydrogens is 467 g/mol. The third-order valence-corrected chi connectivity index (χ3v) is 4.85. The van der Waals surface area contributed by atoms with E-state index in [4.69, 9.17) is 4.99 Å². The van der Waals surface area contributed by atoms with E-state index in [9.17, 15) is 0 Å². The van der Waals surface area contributed by atoms with Gasteiger partial charge in [-0.15, -0.1) is 34.2 Å². The molecule has 0 radical (unpaired) electrons. The summed E-state index contributed by atoms with van der Waals surface area (Å²) in [6.07, 6.45) is 5.70. The summed E-state index contributed by atoms with van der Waals surface area (Å²) >= 11 is 0. The molecule has 0 saturated carbocycles. The van der Waals surface area contributed by atoms with Crippen LogP contribution < -0.4 is 10.6 Å². The van der Waals surface area contributed by atoms with Gasteiger partial charge in [-0.3, -0.25) is 4.68 Å². The lowest BCUT2D eigenvalue weighted by Crippen LogP contribution is -2.38. The van der Waals surface area contributed by atoms with Crippen molar-refractivity contribution in [2.24, 2.45) is 4.99 Å². The van der Waals surface area contributed by atoms with Crippen LogP contribution in [0.3, 0.4) is 0 Å². The van der Waals surface area contributed by atoms with Crippen molar-refractivity contribution < 1.29 is 0 Å². The predicted octanol–water partition coefficient (Wildman–Crippen LogP) is 2.58. The second-order valence-electron chi connectivity index (χ2n) is 7.12. The lowest BCUT2D eigenvalue weighted by Gasteiger charge is -2.12. The SMILES string of the molecule is CCNC(=NCc1nnc2n1CCCCC2)NCCCn1nc(C)cc1C.I. The molecule has 1 aliphatic rings. The van der Waals surface area contributed by atoms with E-state index >= 15 is 0 Å². The van der Waals surface area contributed by atoms with Gasteiger partial charge in [-0.1, -0.05) is 6.42 Å². The van der Waals surface area contributed by atoms with E-state index < -0.39 is 0 Å². The fourth-order valence-electron chi connectivity index (χ4n) is 3.49. The number of nitrogens with zero attached hydrogens (tertiary/aromatic N) is 6. The van der Waals surface area contributed by atoms with Crippen molar-refractivity contribution in [1.82, 2.24) is 35.2 Å². The summed E-state index contributed by atoms with van der Waals surface area (Å²) in [6, 6.07) is 2.11. The molecule has 0 unspecified atom stereocenters. The van der Waals surface area contributed by atoms with Crippen LogP contribution in [0.1, 0.15) is 55.6 Å². The standard InChI is InChI=1S/C19H32N8.HI/c1-4-20-19(21-10-8-12-27-16(3)13-15(2)25-27)22-14-18-24-23-17-9-6-5-7-11-26(17)18;/h13H,4-12,14H2,1-3H3,(H2,20,21,22);1H. The molecule has 0 spiro atoms. The molecule has 0 aliphatic carbocycles. The fraction of sp³-hybridized carbons (Fsp3) is 0.684. The van der Waals surface area contributed by atoms with Crippen LogP contribution in [-0.4, -0.2) is 43.6 Å². The average molecular weight is 500 g/mol. The van der Waals surface area contributed by atoms with E-state index in [-0.39, 0.29) is 24.0 Å². The van der Waals surface area contributed by atoms with Crippen LogP contribution in [-0.2, 0) is 26.1 Å². The summed E-state index contributed by atoms with van der Waals surface area (Å²) in [5, 5.41) is 19.9. The zero-order chi connectivity index (χ0) is 19.1. The molecule has 156 valence electrons. The van der Waals surface area contributed by atoms with Gasteiger partial charge in [0.1, 0.15) is 12.4 Å². The Hall–Kier alpha value is -1.65. The van der Waals surface area contributed by atoms with Gasteiger partial charge in [0, 0.05) is 38.3 Å². The first-order chi connectivity index (χ1) is 13.2. The number of halogens is 1. The van der Waals surface area contributed by atoms with Gasteiger partial charge < -0.3 is 15.2 Å². The van der Waals surface area contributed by atoms with Crippen LogP contribution in [0.15, 0.2) is 11.1 Å². The highest BCUT2D eigenvalue weighted by molar-refractivity contribution is 14.0. The molecule has 2 N–H and O–H groups in total. The average Bonchev–Trinajstić information content (AvgIpc) is 3.08. The van der Waals surface area contributed by atoms with E-state index in [1.165, 1.54) is 25.0 Å². The van der Waals surface area contributed by atoms with E-state index in [1.54, 1.807) is 0 Å². The van der Waals surface area contributed by atoms with Gasteiger partial charge in [0.05, 0.1) is 5.69 Å². The molecule has 2 aromatic rings. The minimum atomic E-state index is 0. The third-order valence-electron chi connectivity index (χ3n) is 4.85. The first kappa shape index (κ1) is 22.6. The maximum absolute atomic E-state index is 4.71. The van der Waals surface area contributed by atoms with Gasteiger partial charge in [0.15, 0.2) is 11.8 Å². The van der Waals surface area contributed by atoms with Crippen LogP contribution in [0.4, 0.5) is 0 Å². The number of aliphatic imine (C=N–C) groups is 1. The number of nitrogens with one attached hydrogen (secondary N) is 2. The summed E-state index contributed by atoms with van der Waals surface area (Å²) in [7, 11) is 0. The van der Waals surface area contributed by atoms with Crippen molar-refractivity contribution in [3.8, 4) is 0 Å². The molecule has 0 amide bonds. The fourth-order valence-corrected chi connectivity index (χ4v) is 3.49. The quantitative estimate of drug-likeness (QED) is 0.264. The number of hydrogen-bond acceptors (Lipinski definition) is 4. The lowest BCUT2D eigenvalue weighted by atomic mass is 10.2. The largest absolute Gasteiger partial charge is 0.357 e. The Morgan fingerprint density at radius 2 is 2.04 bits per heavy atom. The van der Waals surface area contributed by atoms with Crippen LogP contribution in [0.25, 0.3) is 0 Å². The second kappa shape index (κ2) is 11.4. The van der Waals surface area contributed by atoms with Crippen LogP contribution >= 0.6 is 24.0 Å². The smallest absolute Gasteiger partial charge is 0.191 e. The highest BCUT2D eigenvalue weighted by Gasteiger charge is 2.14. The molecule has 2 aromatic heterocycles. The van der Waals surface area contributed by atoms with E-state index in [0.717, 1.165) is 62.3 Å². The van der Waals surface area contributed by atoms with Crippen LogP contribution in [0.2, 0.25) is 0 Å². The van der Waals surface area contributed by atoms with Gasteiger partial charge in [0.25, 0.3) is 0 Å². The van der Waals surface area contributed by atoms with Gasteiger partial charge in [-0.05, 0) is 46.1 Å². The Bertz CT molecular complexity index is 764. The normalized spacial score (nSPS) is 14.2. The lowest BCUT2D eigenvalue weighted by molar-refractivity contribution is 0.555. The van der Waals surface area contributed by atoms with Crippen molar-refractivity contribution in [2.45, 2.75) is 72.5 Å². The molecule has 8 nitrogen and oxygen atoms in total. The Morgan fingerprint density at radius 1 is 1.18 bits per heavy atom. The molecular formula is C19H33IN8. The van der Waals surface area contributed by atoms with Crippen molar-refractivity contribution in [3.05, 3.63) is 29.1 Å². The minimum Gasteiger partial charge on any atom is -0.357 e. The Morgan fingerprint density at radius 3 is 2.79 bits per heavy atom. The molecule has 0 atom stereocenters. The Balaban J connectivity index is 0.00000280.